The number of rotatable bonds is 2. The molecule has 0 amide bonds. The summed E-state index contributed by atoms with van der Waals surface area (Å²) >= 11 is 1.80. The Labute approximate surface area is 160 Å². The van der Waals surface area contributed by atoms with Gasteiger partial charge in [-0.05, 0) is 42.3 Å². The molecule has 2 nitrogen and oxygen atoms in total. The summed E-state index contributed by atoms with van der Waals surface area (Å²) in [5.41, 5.74) is 5.16. The van der Waals surface area contributed by atoms with Crippen LogP contribution in [0.15, 0.2) is 55.1 Å². The fourth-order valence-corrected chi connectivity index (χ4v) is 5.25. The van der Waals surface area contributed by atoms with Crippen LogP contribution in [0.3, 0.4) is 0 Å². The minimum Gasteiger partial charge on any atom is -0.353 e. The van der Waals surface area contributed by atoms with Gasteiger partial charge in [0.05, 0.1) is 21.8 Å². The first kappa shape index (κ1) is 15.9. The van der Waals surface area contributed by atoms with Crippen LogP contribution in [0.5, 0.6) is 0 Å². The van der Waals surface area contributed by atoms with Gasteiger partial charge in [-0.25, -0.2) is 0 Å². The summed E-state index contributed by atoms with van der Waals surface area (Å²) in [6, 6.07) is 16.6. The second-order valence-corrected chi connectivity index (χ2v) is 7.63. The summed E-state index contributed by atoms with van der Waals surface area (Å²) in [6.45, 7) is 6.16. The van der Waals surface area contributed by atoms with Gasteiger partial charge in [0.25, 0.3) is 0 Å². The maximum atomic E-state index is 9.36. The standard InChI is InChI=1S/C24H16N2S/c1-3-7-16-15(4-2)22-17-8-5-6-9-20(17)27-24(22)23-21(16)18-12-14(13-25)10-11-19(18)26-23/h3-12,26H,2H2,1H3/b7-3-. The highest BCUT2D eigenvalue weighted by Gasteiger charge is 2.19. The van der Waals surface area contributed by atoms with E-state index >= 15 is 0 Å². The lowest BCUT2D eigenvalue weighted by Crippen LogP contribution is -1.86. The molecule has 5 rings (SSSR count). The smallest absolute Gasteiger partial charge is 0.0991 e. The fraction of sp³-hybridized carbons (Fsp3) is 0.0417. The number of fused-ring (bicyclic) bond motifs is 7. The van der Waals surface area contributed by atoms with Crippen LogP contribution in [0.4, 0.5) is 0 Å². The minimum atomic E-state index is 0.673. The van der Waals surface area contributed by atoms with Crippen molar-refractivity contribution < 1.29 is 0 Å². The molecule has 2 aromatic heterocycles. The predicted molar refractivity (Wildman–Crippen MR) is 118 cm³/mol. The quantitative estimate of drug-likeness (QED) is 0.352. The molecule has 0 bridgehead atoms. The van der Waals surface area contributed by atoms with Crippen molar-refractivity contribution >= 4 is 65.5 Å². The Hall–Kier alpha value is -3.35. The second kappa shape index (κ2) is 5.84. The molecule has 0 fully saturated rings. The Morgan fingerprint density at radius 3 is 2.70 bits per heavy atom. The van der Waals surface area contributed by atoms with E-state index in [4.69, 9.17) is 0 Å². The first-order valence-electron chi connectivity index (χ1n) is 8.84. The molecule has 3 heteroatoms. The Morgan fingerprint density at radius 2 is 1.93 bits per heavy atom. The van der Waals surface area contributed by atoms with Crippen LogP contribution >= 0.6 is 11.3 Å². The Bertz CT molecular complexity index is 1450. The average molecular weight is 364 g/mol. The van der Waals surface area contributed by atoms with Crippen LogP contribution in [0.2, 0.25) is 0 Å². The first-order valence-corrected chi connectivity index (χ1v) is 9.66. The van der Waals surface area contributed by atoms with E-state index in [9.17, 15) is 5.26 Å². The molecule has 0 saturated carbocycles. The van der Waals surface area contributed by atoms with E-state index in [0.29, 0.717) is 5.56 Å². The third-order valence-electron chi connectivity index (χ3n) is 5.12. The Balaban J connectivity index is 2.15. The van der Waals surface area contributed by atoms with Crippen molar-refractivity contribution in [1.82, 2.24) is 4.98 Å². The van der Waals surface area contributed by atoms with Crippen LogP contribution in [-0.4, -0.2) is 4.98 Å². The van der Waals surface area contributed by atoms with Crippen molar-refractivity contribution in [3.05, 3.63) is 71.8 Å². The summed E-state index contributed by atoms with van der Waals surface area (Å²) in [5, 5.41) is 14.1. The number of nitriles is 1. The highest BCUT2D eigenvalue weighted by Crippen LogP contribution is 2.45. The molecule has 0 aliphatic carbocycles. The maximum Gasteiger partial charge on any atom is 0.0991 e. The number of allylic oxidation sites excluding steroid dienone is 1. The van der Waals surface area contributed by atoms with Gasteiger partial charge in [0.2, 0.25) is 0 Å². The second-order valence-electron chi connectivity index (χ2n) is 6.58. The van der Waals surface area contributed by atoms with Gasteiger partial charge in [0, 0.05) is 31.8 Å². The largest absolute Gasteiger partial charge is 0.353 e. The normalized spacial score (nSPS) is 11.9. The average Bonchev–Trinajstić information content (AvgIpc) is 3.26. The van der Waals surface area contributed by atoms with E-state index in [1.54, 1.807) is 11.3 Å². The molecule has 0 unspecified atom stereocenters. The fourth-order valence-electron chi connectivity index (χ4n) is 4.02. The number of H-pyrrole nitrogens is 1. The summed E-state index contributed by atoms with van der Waals surface area (Å²) in [4.78, 5) is 3.62. The Kier molecular flexibility index (Phi) is 3.43. The van der Waals surface area contributed by atoms with Crippen molar-refractivity contribution in [3.63, 3.8) is 0 Å². The van der Waals surface area contributed by atoms with Gasteiger partial charge in [-0.2, -0.15) is 5.26 Å². The molecule has 1 N–H and O–H groups in total. The van der Waals surface area contributed by atoms with Crippen LogP contribution in [0.25, 0.3) is 54.1 Å². The molecular weight excluding hydrogens is 348 g/mol. The van der Waals surface area contributed by atoms with E-state index < -0.39 is 0 Å². The maximum absolute atomic E-state index is 9.36. The van der Waals surface area contributed by atoms with Crippen LogP contribution in [-0.2, 0) is 0 Å². The summed E-state index contributed by atoms with van der Waals surface area (Å²) in [7, 11) is 0. The molecule has 0 atom stereocenters. The van der Waals surface area contributed by atoms with Gasteiger partial charge in [0.15, 0.2) is 0 Å². The third kappa shape index (κ3) is 2.11. The number of hydrogen-bond donors (Lipinski definition) is 1. The van der Waals surface area contributed by atoms with E-state index in [1.807, 2.05) is 31.2 Å². The van der Waals surface area contributed by atoms with Gasteiger partial charge in [-0.1, -0.05) is 43.0 Å². The van der Waals surface area contributed by atoms with Gasteiger partial charge in [0.1, 0.15) is 0 Å². The summed E-state index contributed by atoms with van der Waals surface area (Å²) in [6.07, 6.45) is 6.18. The monoisotopic (exact) mass is 364 g/mol. The van der Waals surface area contributed by atoms with Gasteiger partial charge in [-0.15, -0.1) is 11.3 Å². The molecular formula is C24H16N2S. The van der Waals surface area contributed by atoms with E-state index in [1.165, 1.54) is 20.2 Å². The number of aromatic amines is 1. The molecule has 0 aliphatic heterocycles. The lowest BCUT2D eigenvalue weighted by atomic mass is 9.95. The first-order chi connectivity index (χ1) is 13.3. The molecule has 0 spiro atoms. The van der Waals surface area contributed by atoms with Crippen LogP contribution < -0.4 is 0 Å². The SMILES string of the molecule is C=Cc1c(/C=C\C)c2c3cc(C#N)ccc3[nH]c2c2sc3ccccc3c12. The van der Waals surface area contributed by atoms with Crippen LogP contribution in [0, 0.1) is 11.3 Å². The topological polar surface area (TPSA) is 39.6 Å². The van der Waals surface area contributed by atoms with Crippen LogP contribution in [0.1, 0.15) is 23.6 Å². The van der Waals surface area contributed by atoms with Gasteiger partial charge in [-0.3, -0.25) is 0 Å². The highest BCUT2D eigenvalue weighted by atomic mass is 32.1. The molecule has 128 valence electrons. The summed E-state index contributed by atoms with van der Waals surface area (Å²) < 4.78 is 2.51. The predicted octanol–water partition coefficient (Wildman–Crippen LogP) is 7.24. The number of thiophene rings is 1. The number of benzene rings is 3. The van der Waals surface area contributed by atoms with Crippen molar-refractivity contribution in [2.75, 3.05) is 0 Å². The molecule has 5 aromatic rings. The van der Waals surface area contributed by atoms with Crippen molar-refractivity contribution in [1.29, 1.82) is 5.26 Å². The highest BCUT2D eigenvalue weighted by molar-refractivity contribution is 7.26. The molecule has 0 aliphatic rings. The number of nitrogens with zero attached hydrogens (tertiary/aromatic N) is 1. The van der Waals surface area contributed by atoms with E-state index in [2.05, 4.69) is 54.0 Å². The molecule has 27 heavy (non-hydrogen) atoms. The van der Waals surface area contributed by atoms with Crippen molar-refractivity contribution in [3.8, 4) is 6.07 Å². The molecule has 3 aromatic carbocycles. The van der Waals surface area contributed by atoms with Gasteiger partial charge < -0.3 is 4.98 Å². The van der Waals surface area contributed by atoms with E-state index in [-0.39, 0.29) is 0 Å². The zero-order valence-electron chi connectivity index (χ0n) is 14.8. The number of hydrogen-bond acceptors (Lipinski definition) is 2. The zero-order valence-corrected chi connectivity index (χ0v) is 15.7. The van der Waals surface area contributed by atoms with Gasteiger partial charge >= 0.3 is 0 Å². The molecule has 2 heterocycles. The third-order valence-corrected chi connectivity index (χ3v) is 6.30. The lowest BCUT2D eigenvalue weighted by molar-refractivity contribution is 1.49. The Morgan fingerprint density at radius 1 is 1.07 bits per heavy atom. The van der Waals surface area contributed by atoms with Crippen molar-refractivity contribution in [2.24, 2.45) is 0 Å². The van der Waals surface area contributed by atoms with Crippen molar-refractivity contribution in [2.45, 2.75) is 6.92 Å². The molecule has 0 radical (unpaired) electrons. The zero-order chi connectivity index (χ0) is 18.5. The van der Waals surface area contributed by atoms with E-state index in [0.717, 1.165) is 32.9 Å². The molecule has 0 saturated heterocycles. The summed E-state index contributed by atoms with van der Waals surface area (Å²) in [5.74, 6) is 0. The number of nitrogens with one attached hydrogen (secondary N) is 1. The lowest BCUT2D eigenvalue weighted by Gasteiger charge is -2.08. The number of aromatic nitrogens is 1. The minimum absolute atomic E-state index is 0.673.